The van der Waals surface area contributed by atoms with Crippen molar-refractivity contribution in [3.63, 3.8) is 0 Å². The van der Waals surface area contributed by atoms with E-state index in [4.69, 9.17) is 14.6 Å². The van der Waals surface area contributed by atoms with Crippen LogP contribution in [-0.4, -0.2) is 31.4 Å². The van der Waals surface area contributed by atoms with E-state index >= 15 is 0 Å². The third kappa shape index (κ3) is 3.98. The lowest BCUT2D eigenvalue weighted by molar-refractivity contribution is -0.145. The predicted octanol–water partition coefficient (Wildman–Crippen LogP) is 3.27. The third-order valence-corrected chi connectivity index (χ3v) is 3.72. The zero-order valence-electron chi connectivity index (χ0n) is 13.0. The number of fused-ring (bicyclic) bond motifs is 1. The topological polar surface area (TPSA) is 55.8 Å². The third-order valence-electron chi connectivity index (χ3n) is 3.72. The summed E-state index contributed by atoms with van der Waals surface area (Å²) in [6, 6.07) is 11.8. The highest BCUT2D eigenvalue weighted by Crippen LogP contribution is 2.25. The Hall–Kier alpha value is -2.07. The first kappa shape index (κ1) is 16.3. The van der Waals surface area contributed by atoms with Gasteiger partial charge in [0.1, 0.15) is 5.75 Å². The van der Waals surface area contributed by atoms with Crippen LogP contribution in [0.15, 0.2) is 36.4 Å². The van der Waals surface area contributed by atoms with Gasteiger partial charge < -0.3 is 14.6 Å². The van der Waals surface area contributed by atoms with Gasteiger partial charge in [0.05, 0.1) is 19.6 Å². The largest absolute Gasteiger partial charge is 0.497 e. The Kier molecular flexibility index (Phi) is 5.78. The summed E-state index contributed by atoms with van der Waals surface area (Å²) in [6.45, 7) is 2.33. The molecule has 0 aliphatic rings. The lowest BCUT2D eigenvalue weighted by atomic mass is 9.98. The highest BCUT2D eigenvalue weighted by Gasteiger charge is 2.17. The van der Waals surface area contributed by atoms with Gasteiger partial charge in [-0.15, -0.1) is 0 Å². The summed E-state index contributed by atoms with van der Waals surface area (Å²) in [5.74, 6) is 0.281. The van der Waals surface area contributed by atoms with Crippen molar-refractivity contribution in [2.45, 2.75) is 25.7 Å². The van der Waals surface area contributed by atoms with Crippen LogP contribution in [-0.2, 0) is 9.53 Å². The van der Waals surface area contributed by atoms with Crippen molar-refractivity contribution in [1.82, 2.24) is 0 Å². The minimum Gasteiger partial charge on any atom is -0.497 e. The molecule has 118 valence electrons. The first-order valence-corrected chi connectivity index (χ1v) is 7.51. The molecular weight excluding hydrogens is 280 g/mol. The number of aliphatic hydroxyl groups excluding tert-OH is 1. The SMILES string of the molecule is COc1ccc2cc([C@@H](C)C(=O)OCCCCO)ccc2c1. The van der Waals surface area contributed by atoms with Gasteiger partial charge in [-0.05, 0) is 48.2 Å². The smallest absolute Gasteiger partial charge is 0.313 e. The van der Waals surface area contributed by atoms with Crippen LogP contribution in [0.3, 0.4) is 0 Å². The van der Waals surface area contributed by atoms with E-state index in [2.05, 4.69) is 0 Å². The molecule has 0 aliphatic heterocycles. The molecular formula is C18H22O4. The minimum absolute atomic E-state index is 0.126. The molecule has 1 atom stereocenters. The molecule has 0 spiro atoms. The Morgan fingerprint density at radius 1 is 1.14 bits per heavy atom. The monoisotopic (exact) mass is 302 g/mol. The summed E-state index contributed by atoms with van der Waals surface area (Å²) in [7, 11) is 1.64. The molecule has 0 radical (unpaired) electrons. The molecule has 0 amide bonds. The summed E-state index contributed by atoms with van der Waals surface area (Å²) in [4.78, 5) is 12.0. The summed E-state index contributed by atoms with van der Waals surface area (Å²) >= 11 is 0. The number of methoxy groups -OCH3 is 1. The van der Waals surface area contributed by atoms with Crippen LogP contribution in [0.5, 0.6) is 5.75 Å². The predicted molar refractivity (Wildman–Crippen MR) is 86.2 cm³/mol. The Bertz CT molecular complexity index is 636. The standard InChI is InChI=1S/C18H22O4/c1-13(18(20)22-10-4-3-9-19)14-5-6-16-12-17(21-2)8-7-15(16)11-14/h5-8,11-13,19H,3-4,9-10H2,1-2H3/t13-/m1/s1. The Labute approximate surface area is 130 Å². The fourth-order valence-electron chi connectivity index (χ4n) is 2.29. The highest BCUT2D eigenvalue weighted by molar-refractivity contribution is 5.86. The summed E-state index contributed by atoms with van der Waals surface area (Å²) in [5.41, 5.74) is 0.935. The average molecular weight is 302 g/mol. The number of carbonyl (C=O) groups excluding carboxylic acids is 1. The van der Waals surface area contributed by atoms with E-state index in [0.717, 1.165) is 22.1 Å². The minimum atomic E-state index is -0.305. The van der Waals surface area contributed by atoms with Crippen molar-refractivity contribution in [3.05, 3.63) is 42.0 Å². The van der Waals surface area contributed by atoms with Crippen molar-refractivity contribution in [3.8, 4) is 5.75 Å². The van der Waals surface area contributed by atoms with Crippen molar-refractivity contribution in [2.24, 2.45) is 0 Å². The van der Waals surface area contributed by atoms with E-state index in [1.54, 1.807) is 7.11 Å². The lowest BCUT2D eigenvalue weighted by Crippen LogP contribution is -2.14. The van der Waals surface area contributed by atoms with Crippen molar-refractivity contribution < 1.29 is 19.4 Å². The zero-order chi connectivity index (χ0) is 15.9. The van der Waals surface area contributed by atoms with E-state index in [1.165, 1.54) is 0 Å². The van der Waals surface area contributed by atoms with Gasteiger partial charge in [-0.2, -0.15) is 0 Å². The molecule has 0 heterocycles. The molecule has 0 bridgehead atoms. The molecule has 0 fully saturated rings. The molecule has 4 nitrogen and oxygen atoms in total. The average Bonchev–Trinajstić information content (AvgIpc) is 2.56. The van der Waals surface area contributed by atoms with Gasteiger partial charge in [0.2, 0.25) is 0 Å². The van der Waals surface area contributed by atoms with Gasteiger partial charge in [0.15, 0.2) is 0 Å². The highest BCUT2D eigenvalue weighted by atomic mass is 16.5. The second-order valence-corrected chi connectivity index (χ2v) is 5.29. The Morgan fingerprint density at radius 2 is 1.86 bits per heavy atom. The molecule has 2 aromatic carbocycles. The maximum Gasteiger partial charge on any atom is 0.313 e. The van der Waals surface area contributed by atoms with Crippen LogP contribution in [0.1, 0.15) is 31.2 Å². The number of benzene rings is 2. The van der Waals surface area contributed by atoms with Crippen LogP contribution >= 0.6 is 0 Å². The normalized spacial score (nSPS) is 12.1. The van der Waals surface area contributed by atoms with Crippen LogP contribution in [0, 0.1) is 0 Å². The number of esters is 1. The molecule has 1 N–H and O–H groups in total. The van der Waals surface area contributed by atoms with E-state index in [0.29, 0.717) is 19.4 Å². The first-order valence-electron chi connectivity index (χ1n) is 7.51. The van der Waals surface area contributed by atoms with Crippen LogP contribution in [0.4, 0.5) is 0 Å². The quantitative estimate of drug-likeness (QED) is 0.630. The summed E-state index contributed by atoms with van der Waals surface area (Å²) in [5, 5.41) is 10.9. The number of aliphatic hydroxyl groups is 1. The van der Waals surface area contributed by atoms with Crippen LogP contribution < -0.4 is 4.74 Å². The number of ether oxygens (including phenoxy) is 2. The van der Waals surface area contributed by atoms with Gasteiger partial charge in [0, 0.05) is 6.61 Å². The maximum atomic E-state index is 12.0. The van der Waals surface area contributed by atoms with Crippen LogP contribution in [0.2, 0.25) is 0 Å². The molecule has 0 aliphatic carbocycles. The number of unbranched alkanes of at least 4 members (excludes halogenated alkanes) is 1. The Morgan fingerprint density at radius 3 is 2.59 bits per heavy atom. The van der Waals surface area contributed by atoms with Gasteiger partial charge >= 0.3 is 5.97 Å². The molecule has 0 unspecified atom stereocenters. The first-order chi connectivity index (χ1) is 10.7. The van der Waals surface area contributed by atoms with Gasteiger partial charge in [0.25, 0.3) is 0 Å². The molecule has 0 saturated carbocycles. The van der Waals surface area contributed by atoms with Gasteiger partial charge in [-0.1, -0.05) is 24.3 Å². The molecule has 2 rings (SSSR count). The number of hydrogen-bond acceptors (Lipinski definition) is 4. The van der Waals surface area contributed by atoms with Crippen molar-refractivity contribution in [2.75, 3.05) is 20.3 Å². The van der Waals surface area contributed by atoms with Gasteiger partial charge in [-0.25, -0.2) is 0 Å². The van der Waals surface area contributed by atoms with E-state index in [9.17, 15) is 4.79 Å². The van der Waals surface area contributed by atoms with E-state index in [-0.39, 0.29) is 18.5 Å². The van der Waals surface area contributed by atoms with E-state index in [1.807, 2.05) is 43.3 Å². The van der Waals surface area contributed by atoms with Gasteiger partial charge in [-0.3, -0.25) is 4.79 Å². The molecule has 4 heteroatoms. The maximum absolute atomic E-state index is 12.0. The second-order valence-electron chi connectivity index (χ2n) is 5.29. The second kappa shape index (κ2) is 7.80. The fraction of sp³-hybridized carbons (Fsp3) is 0.389. The zero-order valence-corrected chi connectivity index (χ0v) is 13.0. The van der Waals surface area contributed by atoms with E-state index < -0.39 is 0 Å². The molecule has 2 aromatic rings. The van der Waals surface area contributed by atoms with Crippen molar-refractivity contribution in [1.29, 1.82) is 0 Å². The molecule has 0 saturated heterocycles. The molecule has 0 aromatic heterocycles. The van der Waals surface area contributed by atoms with Crippen molar-refractivity contribution >= 4 is 16.7 Å². The summed E-state index contributed by atoms with van der Waals surface area (Å²) < 4.78 is 10.4. The molecule has 22 heavy (non-hydrogen) atoms. The number of carbonyl (C=O) groups is 1. The number of hydrogen-bond donors (Lipinski definition) is 1. The summed E-state index contributed by atoms with van der Waals surface area (Å²) in [6.07, 6.45) is 1.34. The fourth-order valence-corrected chi connectivity index (χ4v) is 2.29. The lowest BCUT2D eigenvalue weighted by Gasteiger charge is -2.13. The Balaban J connectivity index is 2.07. The number of rotatable bonds is 7. The van der Waals surface area contributed by atoms with Crippen LogP contribution in [0.25, 0.3) is 10.8 Å².